The quantitative estimate of drug-likeness (QED) is 0.939. The number of aromatic nitrogens is 2. The summed E-state index contributed by atoms with van der Waals surface area (Å²) in [6.45, 7) is 2.17. The highest BCUT2D eigenvalue weighted by Gasteiger charge is 2.35. The summed E-state index contributed by atoms with van der Waals surface area (Å²) in [4.78, 5) is 25.0. The maximum atomic E-state index is 13.2. The first-order valence-electron chi connectivity index (χ1n) is 7.33. The van der Waals surface area contributed by atoms with Gasteiger partial charge < -0.3 is 10.0 Å². The molecule has 1 aliphatic heterocycles. The van der Waals surface area contributed by atoms with E-state index >= 15 is 0 Å². The molecule has 3 rings (SSSR count). The monoisotopic (exact) mass is 317 g/mol. The molecule has 1 N–H and O–H groups in total. The van der Waals surface area contributed by atoms with Gasteiger partial charge in [-0.05, 0) is 49.6 Å². The molecular weight excluding hydrogens is 301 g/mol. The molecule has 1 aromatic carbocycles. The Bertz CT molecular complexity index is 772. The molecule has 1 aromatic heterocycles. The molecule has 1 aliphatic rings. The van der Waals surface area contributed by atoms with Gasteiger partial charge in [0.05, 0.1) is 5.69 Å². The molecule has 0 spiro atoms. The van der Waals surface area contributed by atoms with E-state index in [-0.39, 0.29) is 11.5 Å². The molecule has 7 heteroatoms. The highest BCUT2D eigenvalue weighted by molar-refractivity contribution is 5.95. The summed E-state index contributed by atoms with van der Waals surface area (Å²) in [7, 11) is 0. The Morgan fingerprint density at radius 3 is 2.83 bits per heavy atom. The number of aryl methyl sites for hydroxylation is 1. The van der Waals surface area contributed by atoms with Crippen molar-refractivity contribution in [3.63, 3.8) is 0 Å². The number of carbonyl (C=O) groups excluding carboxylic acids is 1. The number of carbonyl (C=O) groups is 2. The summed E-state index contributed by atoms with van der Waals surface area (Å²) >= 11 is 0. The summed E-state index contributed by atoms with van der Waals surface area (Å²) < 4.78 is 14.7. The first-order chi connectivity index (χ1) is 11.0. The van der Waals surface area contributed by atoms with E-state index < -0.39 is 17.9 Å². The van der Waals surface area contributed by atoms with Gasteiger partial charge in [0, 0.05) is 12.7 Å². The Morgan fingerprint density at radius 2 is 2.13 bits per heavy atom. The zero-order valence-corrected chi connectivity index (χ0v) is 12.6. The Morgan fingerprint density at radius 1 is 1.35 bits per heavy atom. The predicted molar refractivity (Wildman–Crippen MR) is 80.0 cm³/mol. The van der Waals surface area contributed by atoms with Crippen LogP contribution in [-0.4, -0.2) is 44.3 Å². The molecule has 1 amide bonds. The van der Waals surface area contributed by atoms with Crippen LogP contribution in [0.15, 0.2) is 30.5 Å². The second kappa shape index (κ2) is 5.83. The van der Waals surface area contributed by atoms with E-state index in [1.807, 2.05) is 0 Å². The maximum absolute atomic E-state index is 13.2. The molecule has 0 saturated carbocycles. The lowest BCUT2D eigenvalue weighted by Crippen LogP contribution is -2.40. The molecule has 23 heavy (non-hydrogen) atoms. The average molecular weight is 317 g/mol. The molecule has 0 bridgehead atoms. The van der Waals surface area contributed by atoms with Gasteiger partial charge >= 0.3 is 5.97 Å². The fourth-order valence-electron chi connectivity index (χ4n) is 2.86. The summed E-state index contributed by atoms with van der Waals surface area (Å²) in [5.74, 6) is -1.73. The number of carboxylic acid groups (broad SMARTS) is 1. The van der Waals surface area contributed by atoms with Gasteiger partial charge in [-0.2, -0.15) is 5.10 Å². The Kier molecular flexibility index (Phi) is 3.85. The van der Waals surface area contributed by atoms with Crippen LogP contribution in [-0.2, 0) is 4.79 Å². The van der Waals surface area contributed by atoms with Crippen LogP contribution in [0.4, 0.5) is 4.39 Å². The molecule has 1 saturated heterocycles. The van der Waals surface area contributed by atoms with Gasteiger partial charge in [-0.25, -0.2) is 13.9 Å². The number of rotatable bonds is 3. The van der Waals surface area contributed by atoms with E-state index in [2.05, 4.69) is 5.10 Å². The van der Waals surface area contributed by atoms with Crippen LogP contribution in [0, 0.1) is 12.7 Å². The van der Waals surface area contributed by atoms with E-state index in [9.17, 15) is 19.1 Å². The second-order valence-corrected chi connectivity index (χ2v) is 5.57. The zero-order valence-electron chi connectivity index (χ0n) is 12.6. The molecule has 0 aliphatic carbocycles. The number of hydrogen-bond acceptors (Lipinski definition) is 3. The highest BCUT2D eigenvalue weighted by atomic mass is 19.1. The van der Waals surface area contributed by atoms with Crippen molar-refractivity contribution >= 4 is 11.9 Å². The topological polar surface area (TPSA) is 75.4 Å². The first-order valence-corrected chi connectivity index (χ1v) is 7.33. The first kappa shape index (κ1) is 15.2. The molecular formula is C16H16FN3O3. The van der Waals surface area contributed by atoms with Crippen LogP contribution >= 0.6 is 0 Å². The van der Waals surface area contributed by atoms with Crippen LogP contribution in [0.2, 0.25) is 0 Å². The summed E-state index contributed by atoms with van der Waals surface area (Å²) in [5, 5.41) is 13.4. The van der Waals surface area contributed by atoms with Gasteiger partial charge in [-0.1, -0.05) is 0 Å². The van der Waals surface area contributed by atoms with Crippen molar-refractivity contribution < 1.29 is 19.1 Å². The van der Waals surface area contributed by atoms with Crippen LogP contribution in [0.3, 0.4) is 0 Å². The molecule has 2 heterocycles. The average Bonchev–Trinajstić information content (AvgIpc) is 3.16. The third-order valence-corrected chi connectivity index (χ3v) is 4.01. The van der Waals surface area contributed by atoms with E-state index in [4.69, 9.17) is 0 Å². The number of amides is 1. The Labute approximate surface area is 132 Å². The number of halogens is 1. The number of nitrogens with zero attached hydrogens (tertiary/aromatic N) is 3. The van der Waals surface area contributed by atoms with Crippen molar-refractivity contribution in [2.75, 3.05) is 6.54 Å². The molecule has 6 nitrogen and oxygen atoms in total. The Hall–Kier alpha value is -2.70. The molecule has 120 valence electrons. The fraction of sp³-hybridized carbons (Fsp3) is 0.312. The lowest BCUT2D eigenvalue weighted by molar-refractivity contribution is -0.141. The molecule has 0 unspecified atom stereocenters. The molecule has 1 atom stereocenters. The van der Waals surface area contributed by atoms with Gasteiger partial charge in [-0.3, -0.25) is 4.79 Å². The number of carboxylic acids is 1. The third kappa shape index (κ3) is 2.81. The normalized spacial score (nSPS) is 17.5. The molecule has 1 fully saturated rings. The predicted octanol–water partition coefficient (Wildman–Crippen LogP) is 2.01. The van der Waals surface area contributed by atoms with Crippen molar-refractivity contribution in [2.45, 2.75) is 25.8 Å². The van der Waals surface area contributed by atoms with Crippen LogP contribution in [0.1, 0.15) is 28.9 Å². The summed E-state index contributed by atoms with van der Waals surface area (Å²) in [5.41, 5.74) is 1.54. The zero-order chi connectivity index (χ0) is 16.6. The largest absolute Gasteiger partial charge is 0.480 e. The summed E-state index contributed by atoms with van der Waals surface area (Å²) in [6.07, 6.45) is 2.73. The second-order valence-electron chi connectivity index (χ2n) is 5.57. The maximum Gasteiger partial charge on any atom is 0.326 e. The molecule has 0 radical (unpaired) electrons. The van der Waals surface area contributed by atoms with E-state index in [0.29, 0.717) is 30.6 Å². The lowest BCUT2D eigenvalue weighted by atomic mass is 10.2. The van der Waals surface area contributed by atoms with Crippen LogP contribution < -0.4 is 0 Å². The van der Waals surface area contributed by atoms with Crippen molar-refractivity contribution in [3.8, 4) is 5.69 Å². The SMILES string of the molecule is Cc1cc(F)ccc1-n1ccc(C(=O)N2CCC[C@@H]2C(=O)O)n1. The number of aliphatic carboxylic acids is 1. The van der Waals surface area contributed by atoms with Gasteiger partial charge in [0.15, 0.2) is 5.69 Å². The smallest absolute Gasteiger partial charge is 0.326 e. The van der Waals surface area contributed by atoms with Crippen molar-refractivity contribution in [1.82, 2.24) is 14.7 Å². The van der Waals surface area contributed by atoms with Gasteiger partial charge in [0.1, 0.15) is 11.9 Å². The van der Waals surface area contributed by atoms with Gasteiger partial charge in [0.2, 0.25) is 0 Å². The minimum absolute atomic E-state index is 0.182. The number of benzene rings is 1. The van der Waals surface area contributed by atoms with Crippen LogP contribution in [0.5, 0.6) is 0 Å². The number of hydrogen-bond donors (Lipinski definition) is 1. The van der Waals surface area contributed by atoms with Crippen molar-refractivity contribution in [1.29, 1.82) is 0 Å². The van der Waals surface area contributed by atoms with Crippen molar-refractivity contribution in [3.05, 3.63) is 47.5 Å². The van der Waals surface area contributed by atoms with Gasteiger partial charge in [-0.15, -0.1) is 0 Å². The standard InChI is InChI=1S/C16H16FN3O3/c1-10-9-11(17)4-5-13(10)20-8-6-12(18-20)15(21)19-7-2-3-14(19)16(22)23/h4-6,8-9,14H,2-3,7H2,1H3,(H,22,23)/t14-/m1/s1. The molecule has 2 aromatic rings. The number of likely N-dealkylation sites (tertiary alicyclic amines) is 1. The van der Waals surface area contributed by atoms with Gasteiger partial charge in [0.25, 0.3) is 5.91 Å². The minimum atomic E-state index is -0.996. The van der Waals surface area contributed by atoms with E-state index in [1.165, 1.54) is 21.7 Å². The Balaban J connectivity index is 1.87. The van der Waals surface area contributed by atoms with Crippen molar-refractivity contribution in [2.24, 2.45) is 0 Å². The van der Waals surface area contributed by atoms with E-state index in [0.717, 1.165) is 0 Å². The lowest BCUT2D eigenvalue weighted by Gasteiger charge is -2.20. The van der Waals surface area contributed by atoms with E-state index in [1.54, 1.807) is 25.3 Å². The highest BCUT2D eigenvalue weighted by Crippen LogP contribution is 2.21. The fourth-order valence-corrected chi connectivity index (χ4v) is 2.86. The summed E-state index contributed by atoms with van der Waals surface area (Å²) in [6, 6.07) is 5.05. The van der Waals surface area contributed by atoms with Crippen LogP contribution in [0.25, 0.3) is 5.69 Å². The third-order valence-electron chi connectivity index (χ3n) is 4.01. The minimum Gasteiger partial charge on any atom is -0.480 e.